The molecule has 6 heteroatoms. The van der Waals surface area contributed by atoms with Gasteiger partial charge >= 0.3 is 0 Å². The Balaban J connectivity index is 1.98. The molecule has 0 spiro atoms. The number of aromatic nitrogens is 2. The van der Waals surface area contributed by atoms with Crippen molar-refractivity contribution in [3.63, 3.8) is 0 Å². The number of methoxy groups -OCH3 is 1. The lowest BCUT2D eigenvalue weighted by atomic mass is 10.1. The van der Waals surface area contributed by atoms with Crippen LogP contribution in [-0.2, 0) is 6.42 Å². The van der Waals surface area contributed by atoms with Crippen LogP contribution in [0, 0.1) is 5.82 Å². The summed E-state index contributed by atoms with van der Waals surface area (Å²) in [5.74, 6) is 0.988. The number of hydrogen-bond acceptors (Lipinski definition) is 5. The predicted octanol–water partition coefficient (Wildman–Crippen LogP) is 2.71. The van der Waals surface area contributed by atoms with Gasteiger partial charge in [0.1, 0.15) is 5.75 Å². The van der Waals surface area contributed by atoms with E-state index in [0.29, 0.717) is 25.5 Å². The zero-order valence-corrected chi connectivity index (χ0v) is 12.2. The molecule has 0 aliphatic rings. The molecule has 21 heavy (non-hydrogen) atoms. The Kier molecular flexibility index (Phi) is 5.31. The highest BCUT2D eigenvalue weighted by molar-refractivity contribution is 5.41. The second-order valence-corrected chi connectivity index (χ2v) is 4.41. The molecule has 0 aliphatic carbocycles. The summed E-state index contributed by atoms with van der Waals surface area (Å²) in [6.45, 7) is 3.17. The Hall–Kier alpha value is -2.37. The lowest BCUT2D eigenvalue weighted by molar-refractivity contribution is 0.410. The zero-order valence-electron chi connectivity index (χ0n) is 12.2. The molecule has 1 aromatic carbocycles. The van der Waals surface area contributed by atoms with E-state index in [1.165, 1.54) is 0 Å². The van der Waals surface area contributed by atoms with E-state index in [1.807, 2.05) is 31.2 Å². The highest BCUT2D eigenvalue weighted by Crippen LogP contribution is 2.18. The number of rotatable bonds is 7. The van der Waals surface area contributed by atoms with Crippen LogP contribution in [0.4, 0.5) is 16.2 Å². The molecule has 0 bridgehead atoms. The second-order valence-electron chi connectivity index (χ2n) is 4.41. The molecular weight excluding hydrogens is 271 g/mol. The SMILES string of the molecule is CCNc1ncc(F)c(NCCc2ccccc2OC)n1. The molecule has 1 aromatic heterocycles. The third-order valence-corrected chi connectivity index (χ3v) is 2.96. The first kappa shape index (κ1) is 15.0. The maximum absolute atomic E-state index is 13.6. The van der Waals surface area contributed by atoms with Crippen LogP contribution in [0.2, 0.25) is 0 Å². The average molecular weight is 290 g/mol. The Morgan fingerprint density at radius 1 is 1.24 bits per heavy atom. The molecule has 0 aliphatic heterocycles. The van der Waals surface area contributed by atoms with Gasteiger partial charge in [-0.3, -0.25) is 0 Å². The van der Waals surface area contributed by atoms with E-state index >= 15 is 0 Å². The number of anilines is 2. The standard InChI is InChI=1S/C15H19FN4O/c1-3-17-15-19-10-12(16)14(20-15)18-9-8-11-6-4-5-7-13(11)21-2/h4-7,10H,3,8-9H2,1-2H3,(H2,17,18,19,20). The number of benzene rings is 1. The molecule has 0 atom stereocenters. The fourth-order valence-electron chi connectivity index (χ4n) is 1.96. The highest BCUT2D eigenvalue weighted by atomic mass is 19.1. The normalized spacial score (nSPS) is 10.2. The quantitative estimate of drug-likeness (QED) is 0.821. The van der Waals surface area contributed by atoms with Crippen LogP contribution in [-0.4, -0.2) is 30.2 Å². The van der Waals surface area contributed by atoms with Gasteiger partial charge in [-0.25, -0.2) is 9.37 Å². The molecule has 5 nitrogen and oxygen atoms in total. The first-order valence-corrected chi connectivity index (χ1v) is 6.86. The number of para-hydroxylation sites is 1. The van der Waals surface area contributed by atoms with Crippen molar-refractivity contribution in [2.75, 3.05) is 30.8 Å². The van der Waals surface area contributed by atoms with Gasteiger partial charge in [-0.15, -0.1) is 0 Å². The van der Waals surface area contributed by atoms with Gasteiger partial charge in [0, 0.05) is 13.1 Å². The van der Waals surface area contributed by atoms with E-state index in [0.717, 1.165) is 17.5 Å². The first-order valence-electron chi connectivity index (χ1n) is 6.86. The van der Waals surface area contributed by atoms with Gasteiger partial charge in [0.05, 0.1) is 13.3 Å². The summed E-state index contributed by atoms with van der Waals surface area (Å²) in [6.07, 6.45) is 1.88. The number of halogens is 1. The molecule has 0 fully saturated rings. The second kappa shape index (κ2) is 7.42. The number of ether oxygens (including phenoxy) is 1. The van der Waals surface area contributed by atoms with Gasteiger partial charge in [-0.05, 0) is 25.0 Å². The zero-order chi connectivity index (χ0) is 15.1. The van der Waals surface area contributed by atoms with Gasteiger partial charge in [0.25, 0.3) is 0 Å². The molecule has 0 saturated carbocycles. The summed E-state index contributed by atoms with van der Waals surface area (Å²) >= 11 is 0. The van der Waals surface area contributed by atoms with Crippen LogP contribution < -0.4 is 15.4 Å². The third kappa shape index (κ3) is 4.05. The summed E-state index contributed by atoms with van der Waals surface area (Å²) in [5, 5.41) is 5.94. The van der Waals surface area contributed by atoms with Crippen molar-refractivity contribution in [3.8, 4) is 5.75 Å². The Morgan fingerprint density at radius 2 is 2.05 bits per heavy atom. The van der Waals surface area contributed by atoms with Crippen LogP contribution in [0.25, 0.3) is 0 Å². The average Bonchev–Trinajstić information content (AvgIpc) is 2.51. The van der Waals surface area contributed by atoms with Crippen LogP contribution in [0.15, 0.2) is 30.5 Å². The van der Waals surface area contributed by atoms with Crippen LogP contribution in [0.3, 0.4) is 0 Å². The van der Waals surface area contributed by atoms with E-state index in [2.05, 4.69) is 20.6 Å². The van der Waals surface area contributed by atoms with Crippen LogP contribution >= 0.6 is 0 Å². The maximum atomic E-state index is 13.6. The lowest BCUT2D eigenvalue weighted by Crippen LogP contribution is -2.11. The van der Waals surface area contributed by atoms with Gasteiger partial charge in [0.2, 0.25) is 5.95 Å². The van der Waals surface area contributed by atoms with Crippen molar-refractivity contribution in [1.29, 1.82) is 0 Å². The van der Waals surface area contributed by atoms with Crippen LogP contribution in [0.1, 0.15) is 12.5 Å². The molecule has 0 amide bonds. The number of nitrogens with zero attached hydrogens (tertiary/aromatic N) is 2. The molecule has 0 unspecified atom stereocenters. The maximum Gasteiger partial charge on any atom is 0.224 e. The Bertz CT molecular complexity index is 592. The van der Waals surface area contributed by atoms with Crippen LogP contribution in [0.5, 0.6) is 5.75 Å². The monoisotopic (exact) mass is 290 g/mol. The van der Waals surface area contributed by atoms with E-state index in [-0.39, 0.29) is 5.82 Å². The molecule has 2 aromatic rings. The van der Waals surface area contributed by atoms with Crippen molar-refractivity contribution >= 4 is 11.8 Å². The third-order valence-electron chi connectivity index (χ3n) is 2.96. The minimum Gasteiger partial charge on any atom is -0.496 e. The van der Waals surface area contributed by atoms with Gasteiger partial charge in [-0.2, -0.15) is 4.98 Å². The molecule has 0 radical (unpaired) electrons. The van der Waals surface area contributed by atoms with Gasteiger partial charge < -0.3 is 15.4 Å². The minimum atomic E-state index is -0.461. The smallest absolute Gasteiger partial charge is 0.224 e. The number of nitrogens with one attached hydrogen (secondary N) is 2. The van der Waals surface area contributed by atoms with E-state index in [9.17, 15) is 4.39 Å². The molecule has 112 valence electrons. The van der Waals surface area contributed by atoms with Crippen molar-refractivity contribution in [2.24, 2.45) is 0 Å². The highest BCUT2D eigenvalue weighted by Gasteiger charge is 2.07. The van der Waals surface area contributed by atoms with Crippen molar-refractivity contribution in [2.45, 2.75) is 13.3 Å². The summed E-state index contributed by atoms with van der Waals surface area (Å²) in [4.78, 5) is 7.96. The molecule has 2 N–H and O–H groups in total. The molecular formula is C15H19FN4O. The van der Waals surface area contributed by atoms with E-state index < -0.39 is 5.82 Å². The van der Waals surface area contributed by atoms with E-state index in [1.54, 1.807) is 7.11 Å². The lowest BCUT2D eigenvalue weighted by Gasteiger charge is -2.10. The predicted molar refractivity (Wildman–Crippen MR) is 81.3 cm³/mol. The summed E-state index contributed by atoms with van der Waals surface area (Å²) in [7, 11) is 1.64. The van der Waals surface area contributed by atoms with Crippen molar-refractivity contribution in [1.82, 2.24) is 9.97 Å². The summed E-state index contributed by atoms with van der Waals surface area (Å²) in [5.41, 5.74) is 1.06. The molecule has 0 saturated heterocycles. The first-order chi connectivity index (χ1) is 10.2. The minimum absolute atomic E-state index is 0.204. The Morgan fingerprint density at radius 3 is 2.81 bits per heavy atom. The summed E-state index contributed by atoms with van der Waals surface area (Å²) < 4.78 is 18.9. The van der Waals surface area contributed by atoms with Crippen molar-refractivity contribution < 1.29 is 9.13 Å². The largest absolute Gasteiger partial charge is 0.496 e. The fourth-order valence-corrected chi connectivity index (χ4v) is 1.96. The van der Waals surface area contributed by atoms with Gasteiger partial charge in [-0.1, -0.05) is 18.2 Å². The van der Waals surface area contributed by atoms with E-state index in [4.69, 9.17) is 4.74 Å². The summed E-state index contributed by atoms with van der Waals surface area (Å²) in [6, 6.07) is 7.76. The Labute approximate surface area is 123 Å². The fraction of sp³-hybridized carbons (Fsp3) is 0.333. The van der Waals surface area contributed by atoms with Crippen molar-refractivity contribution in [3.05, 3.63) is 41.8 Å². The topological polar surface area (TPSA) is 59.1 Å². The van der Waals surface area contributed by atoms with Gasteiger partial charge in [0.15, 0.2) is 11.6 Å². The molecule has 1 heterocycles. The number of hydrogen-bond donors (Lipinski definition) is 2. The molecule has 2 rings (SSSR count).